The van der Waals surface area contributed by atoms with Crippen LogP contribution in [0, 0.1) is 0 Å². The number of pyridine rings is 1. The van der Waals surface area contributed by atoms with Gasteiger partial charge in [0.05, 0.1) is 12.6 Å². The second-order valence-electron chi connectivity index (χ2n) is 6.12. The highest BCUT2D eigenvalue weighted by Gasteiger charge is 2.17. The Morgan fingerprint density at radius 3 is 2.89 bits per heavy atom. The Morgan fingerprint density at radius 2 is 2.15 bits per heavy atom. The highest BCUT2D eigenvalue weighted by Crippen LogP contribution is 2.21. The van der Waals surface area contributed by atoms with Gasteiger partial charge in [-0.3, -0.25) is 4.79 Å². The highest BCUT2D eigenvalue weighted by atomic mass is 16.5. The van der Waals surface area contributed by atoms with Gasteiger partial charge in [0.25, 0.3) is 5.91 Å². The van der Waals surface area contributed by atoms with Crippen LogP contribution in [0.2, 0.25) is 0 Å². The number of ether oxygens (including phenoxy) is 1. The molecule has 0 radical (unpaired) electrons. The fourth-order valence-electron chi connectivity index (χ4n) is 2.72. The first kappa shape index (κ1) is 18.5. The molecule has 0 aliphatic rings. The van der Waals surface area contributed by atoms with Gasteiger partial charge in [0.1, 0.15) is 12.1 Å². The molecule has 8 heteroatoms. The number of nitrogen functional groups attached to an aromatic ring is 1. The predicted octanol–water partition coefficient (Wildman–Crippen LogP) is 2.06. The van der Waals surface area contributed by atoms with E-state index in [0.29, 0.717) is 30.4 Å². The number of nitrogens with one attached hydrogen (secondary N) is 1. The molecule has 0 fully saturated rings. The summed E-state index contributed by atoms with van der Waals surface area (Å²) >= 11 is 0. The fraction of sp³-hybridized carbons (Fsp3) is 0.263. The molecule has 2 heterocycles. The van der Waals surface area contributed by atoms with Crippen molar-refractivity contribution in [1.82, 2.24) is 25.1 Å². The van der Waals surface area contributed by atoms with Gasteiger partial charge >= 0.3 is 0 Å². The summed E-state index contributed by atoms with van der Waals surface area (Å²) in [5.41, 5.74) is 7.97. The first-order valence-electron chi connectivity index (χ1n) is 8.58. The van der Waals surface area contributed by atoms with Gasteiger partial charge in [-0.25, -0.2) is 4.98 Å². The lowest BCUT2D eigenvalue weighted by Gasteiger charge is -2.15. The molecule has 2 aromatic heterocycles. The molecule has 3 aromatic rings. The molecule has 140 valence electrons. The summed E-state index contributed by atoms with van der Waals surface area (Å²) in [6.07, 6.45) is 3.32. The van der Waals surface area contributed by atoms with Gasteiger partial charge < -0.3 is 20.4 Å². The maximum Gasteiger partial charge on any atom is 0.251 e. The first-order chi connectivity index (χ1) is 13.1. The first-order valence-corrected chi connectivity index (χ1v) is 8.58. The van der Waals surface area contributed by atoms with Crippen LogP contribution in [0.5, 0.6) is 0 Å². The van der Waals surface area contributed by atoms with E-state index in [1.54, 1.807) is 31.8 Å². The van der Waals surface area contributed by atoms with E-state index in [9.17, 15) is 4.79 Å². The van der Waals surface area contributed by atoms with E-state index >= 15 is 0 Å². The third kappa shape index (κ3) is 4.48. The number of aromatic nitrogens is 4. The number of carbonyl (C=O) groups is 1. The molecule has 0 saturated carbocycles. The highest BCUT2D eigenvalue weighted by molar-refractivity contribution is 5.95. The standard InChI is InChI=1S/C19H22N6O2/c1-13(18-24-22-12-25(18)8-9-27-2)23-19(26)15-5-3-4-14(10-15)16-6-7-17(20)21-11-16/h3-7,10-13H,8-9H2,1-2H3,(H2,20,21)(H,23,26)/t13-/m0/s1. The summed E-state index contributed by atoms with van der Waals surface area (Å²) in [4.78, 5) is 16.8. The van der Waals surface area contributed by atoms with Crippen molar-refractivity contribution in [2.24, 2.45) is 0 Å². The number of methoxy groups -OCH3 is 1. The largest absolute Gasteiger partial charge is 0.384 e. The summed E-state index contributed by atoms with van der Waals surface area (Å²) in [6, 6.07) is 10.7. The van der Waals surface area contributed by atoms with Gasteiger partial charge in [0, 0.05) is 31.0 Å². The van der Waals surface area contributed by atoms with Crippen LogP contribution in [0.1, 0.15) is 29.1 Å². The molecular weight excluding hydrogens is 344 g/mol. The van der Waals surface area contributed by atoms with Crippen LogP contribution in [0.25, 0.3) is 11.1 Å². The number of rotatable bonds is 7. The molecule has 0 aliphatic heterocycles. The van der Waals surface area contributed by atoms with Crippen LogP contribution in [0.3, 0.4) is 0 Å². The van der Waals surface area contributed by atoms with E-state index in [1.165, 1.54) is 0 Å². The summed E-state index contributed by atoms with van der Waals surface area (Å²) in [7, 11) is 1.64. The second-order valence-corrected chi connectivity index (χ2v) is 6.12. The molecular formula is C19H22N6O2. The zero-order chi connectivity index (χ0) is 19.2. The number of hydrogen-bond donors (Lipinski definition) is 2. The van der Waals surface area contributed by atoms with E-state index < -0.39 is 0 Å². The van der Waals surface area contributed by atoms with Crippen LogP contribution in [0.4, 0.5) is 5.82 Å². The zero-order valence-electron chi connectivity index (χ0n) is 15.3. The zero-order valence-corrected chi connectivity index (χ0v) is 15.3. The van der Waals surface area contributed by atoms with Crippen LogP contribution >= 0.6 is 0 Å². The maximum absolute atomic E-state index is 12.7. The summed E-state index contributed by atoms with van der Waals surface area (Å²) < 4.78 is 6.95. The third-order valence-corrected chi connectivity index (χ3v) is 4.16. The van der Waals surface area contributed by atoms with Gasteiger partial charge in [-0.05, 0) is 36.8 Å². The summed E-state index contributed by atoms with van der Waals surface area (Å²) in [5.74, 6) is 0.951. The lowest BCUT2D eigenvalue weighted by Crippen LogP contribution is -2.29. The third-order valence-electron chi connectivity index (χ3n) is 4.16. The number of amides is 1. The maximum atomic E-state index is 12.7. The average molecular weight is 366 g/mol. The van der Waals surface area contributed by atoms with E-state index in [0.717, 1.165) is 11.1 Å². The lowest BCUT2D eigenvalue weighted by molar-refractivity contribution is 0.0937. The summed E-state index contributed by atoms with van der Waals surface area (Å²) in [6.45, 7) is 3.04. The van der Waals surface area contributed by atoms with Crippen molar-refractivity contribution in [3.05, 3.63) is 60.3 Å². The molecule has 1 atom stereocenters. The van der Waals surface area contributed by atoms with Gasteiger partial charge in [-0.15, -0.1) is 10.2 Å². The molecule has 0 aliphatic carbocycles. The van der Waals surface area contributed by atoms with Crippen LogP contribution in [0.15, 0.2) is 48.9 Å². The topological polar surface area (TPSA) is 108 Å². The second kappa shape index (κ2) is 8.41. The molecule has 27 heavy (non-hydrogen) atoms. The molecule has 3 rings (SSSR count). The SMILES string of the molecule is COCCn1cnnc1[C@H](C)NC(=O)c1cccc(-c2ccc(N)nc2)c1. The number of carbonyl (C=O) groups excluding carboxylic acids is 1. The van der Waals surface area contributed by atoms with Crippen LogP contribution in [-0.2, 0) is 11.3 Å². The predicted molar refractivity (Wildman–Crippen MR) is 102 cm³/mol. The van der Waals surface area contributed by atoms with Crippen LogP contribution in [-0.4, -0.2) is 39.4 Å². The van der Waals surface area contributed by atoms with Gasteiger partial charge in [0.15, 0.2) is 5.82 Å². The minimum atomic E-state index is -0.293. The normalized spacial score (nSPS) is 11.9. The number of benzene rings is 1. The molecule has 0 unspecified atom stereocenters. The van der Waals surface area contributed by atoms with Crippen molar-refractivity contribution in [2.45, 2.75) is 19.5 Å². The molecule has 1 amide bonds. The minimum absolute atomic E-state index is 0.186. The summed E-state index contributed by atoms with van der Waals surface area (Å²) in [5, 5.41) is 11.0. The van der Waals surface area contributed by atoms with E-state index in [2.05, 4.69) is 20.5 Å². The van der Waals surface area contributed by atoms with Crippen molar-refractivity contribution in [1.29, 1.82) is 0 Å². The van der Waals surface area contributed by atoms with E-state index in [4.69, 9.17) is 10.5 Å². The molecule has 0 spiro atoms. The average Bonchev–Trinajstić information content (AvgIpc) is 3.15. The van der Waals surface area contributed by atoms with Crippen molar-refractivity contribution >= 4 is 11.7 Å². The van der Waals surface area contributed by atoms with Gasteiger partial charge in [-0.2, -0.15) is 0 Å². The Labute approximate surface area is 157 Å². The Morgan fingerprint density at radius 1 is 1.30 bits per heavy atom. The smallest absolute Gasteiger partial charge is 0.251 e. The molecule has 3 N–H and O–H groups in total. The Hall–Kier alpha value is -3.26. The number of hydrogen-bond acceptors (Lipinski definition) is 6. The van der Waals surface area contributed by atoms with Crippen LogP contribution < -0.4 is 11.1 Å². The fourth-order valence-corrected chi connectivity index (χ4v) is 2.72. The van der Waals surface area contributed by atoms with E-state index in [1.807, 2.05) is 35.8 Å². The number of anilines is 1. The van der Waals surface area contributed by atoms with Crippen molar-refractivity contribution in [3.8, 4) is 11.1 Å². The van der Waals surface area contributed by atoms with Crippen molar-refractivity contribution in [3.63, 3.8) is 0 Å². The van der Waals surface area contributed by atoms with Crippen molar-refractivity contribution in [2.75, 3.05) is 19.5 Å². The van der Waals surface area contributed by atoms with E-state index in [-0.39, 0.29) is 11.9 Å². The number of nitrogens with zero attached hydrogens (tertiary/aromatic N) is 4. The number of nitrogens with two attached hydrogens (primary N) is 1. The molecule has 0 bridgehead atoms. The monoisotopic (exact) mass is 366 g/mol. The Kier molecular flexibility index (Phi) is 5.77. The minimum Gasteiger partial charge on any atom is -0.384 e. The van der Waals surface area contributed by atoms with Gasteiger partial charge in [0.2, 0.25) is 0 Å². The van der Waals surface area contributed by atoms with Gasteiger partial charge in [-0.1, -0.05) is 12.1 Å². The molecule has 1 aromatic carbocycles. The molecule has 8 nitrogen and oxygen atoms in total. The molecule has 0 saturated heterocycles. The Balaban J connectivity index is 1.74. The Bertz CT molecular complexity index is 907. The lowest BCUT2D eigenvalue weighted by atomic mass is 10.0. The van der Waals surface area contributed by atoms with Crippen molar-refractivity contribution < 1.29 is 9.53 Å². The quantitative estimate of drug-likeness (QED) is 0.663.